The molecule has 2 rings (SSSR count). The first-order valence-corrected chi connectivity index (χ1v) is 10.8. The number of rotatable bonds is 8. The maximum absolute atomic E-state index is 12.9. The predicted octanol–water partition coefficient (Wildman–Crippen LogP) is 4.70. The molecule has 0 fully saturated rings. The van der Waals surface area contributed by atoms with E-state index in [2.05, 4.69) is 29.6 Å². The van der Waals surface area contributed by atoms with E-state index in [0.29, 0.717) is 15.6 Å². The van der Waals surface area contributed by atoms with Gasteiger partial charge in [0, 0.05) is 35.0 Å². The van der Waals surface area contributed by atoms with Gasteiger partial charge in [-0.2, -0.15) is 0 Å². The van der Waals surface area contributed by atoms with Crippen molar-refractivity contribution in [2.24, 2.45) is 0 Å². The SMILES string of the molecule is CNC(=O)[C@H](C)N(Cc1c(Cl)cccc1Cl)C(=O)CSCc1ccc(C)cc1. The number of likely N-dealkylation sites (N-methyl/N-ethyl adjacent to an activating group) is 1. The molecule has 0 unspecified atom stereocenters. The number of aryl methyl sites for hydroxylation is 1. The molecular formula is C21H24Cl2N2O2S. The number of amides is 2. The molecule has 0 spiro atoms. The van der Waals surface area contributed by atoms with E-state index in [4.69, 9.17) is 23.2 Å². The summed E-state index contributed by atoms with van der Waals surface area (Å²) in [4.78, 5) is 26.6. The van der Waals surface area contributed by atoms with Crippen molar-refractivity contribution in [2.45, 2.75) is 32.2 Å². The molecule has 0 aliphatic rings. The van der Waals surface area contributed by atoms with E-state index in [9.17, 15) is 9.59 Å². The summed E-state index contributed by atoms with van der Waals surface area (Å²) in [6, 6.07) is 12.8. The van der Waals surface area contributed by atoms with Gasteiger partial charge in [-0.15, -0.1) is 11.8 Å². The van der Waals surface area contributed by atoms with Crippen LogP contribution in [0.25, 0.3) is 0 Å². The second kappa shape index (κ2) is 10.7. The second-order valence-electron chi connectivity index (χ2n) is 6.49. The van der Waals surface area contributed by atoms with E-state index in [-0.39, 0.29) is 24.1 Å². The minimum Gasteiger partial charge on any atom is -0.357 e. The monoisotopic (exact) mass is 438 g/mol. The molecule has 0 aromatic heterocycles. The summed E-state index contributed by atoms with van der Waals surface area (Å²) in [5.74, 6) is 0.613. The average Bonchev–Trinajstić information content (AvgIpc) is 2.68. The molecule has 1 N–H and O–H groups in total. The van der Waals surface area contributed by atoms with Gasteiger partial charge in [0.2, 0.25) is 11.8 Å². The van der Waals surface area contributed by atoms with Gasteiger partial charge in [-0.25, -0.2) is 0 Å². The van der Waals surface area contributed by atoms with E-state index in [1.54, 1.807) is 32.2 Å². The van der Waals surface area contributed by atoms with E-state index in [1.807, 2.05) is 6.92 Å². The fourth-order valence-corrected chi connectivity index (χ4v) is 4.06. The highest BCUT2D eigenvalue weighted by Crippen LogP contribution is 2.27. The summed E-state index contributed by atoms with van der Waals surface area (Å²) in [6.45, 7) is 3.92. The Balaban J connectivity index is 2.10. The van der Waals surface area contributed by atoms with Crippen LogP contribution in [0.4, 0.5) is 0 Å². The molecule has 0 saturated heterocycles. The number of nitrogens with zero attached hydrogens (tertiary/aromatic N) is 1. The molecule has 150 valence electrons. The predicted molar refractivity (Wildman–Crippen MR) is 118 cm³/mol. The van der Waals surface area contributed by atoms with Crippen molar-refractivity contribution in [2.75, 3.05) is 12.8 Å². The van der Waals surface area contributed by atoms with Crippen molar-refractivity contribution in [3.8, 4) is 0 Å². The number of carbonyl (C=O) groups is 2. The highest BCUT2D eigenvalue weighted by molar-refractivity contribution is 7.99. The summed E-state index contributed by atoms with van der Waals surface area (Å²) in [5, 5.41) is 3.54. The molecule has 1 atom stereocenters. The van der Waals surface area contributed by atoms with Gasteiger partial charge in [0.25, 0.3) is 0 Å². The molecule has 2 aromatic carbocycles. The summed E-state index contributed by atoms with van der Waals surface area (Å²) in [7, 11) is 1.55. The van der Waals surface area contributed by atoms with E-state index in [0.717, 1.165) is 11.3 Å². The van der Waals surface area contributed by atoms with E-state index in [1.165, 1.54) is 22.2 Å². The molecule has 0 saturated carbocycles. The smallest absolute Gasteiger partial charge is 0.242 e. The zero-order valence-electron chi connectivity index (χ0n) is 16.2. The number of hydrogen-bond donors (Lipinski definition) is 1. The van der Waals surface area contributed by atoms with Crippen LogP contribution >= 0.6 is 35.0 Å². The Bertz CT molecular complexity index is 807. The molecule has 2 amide bonds. The second-order valence-corrected chi connectivity index (χ2v) is 8.29. The van der Waals surface area contributed by atoms with Crippen LogP contribution in [0.2, 0.25) is 10.0 Å². The van der Waals surface area contributed by atoms with Crippen LogP contribution in [0.15, 0.2) is 42.5 Å². The summed E-state index contributed by atoms with van der Waals surface area (Å²) in [6.07, 6.45) is 0. The molecule has 0 radical (unpaired) electrons. The Labute approximate surface area is 180 Å². The normalized spacial score (nSPS) is 11.8. The fraction of sp³-hybridized carbons (Fsp3) is 0.333. The Morgan fingerprint density at radius 1 is 1.11 bits per heavy atom. The first kappa shape index (κ1) is 22.6. The number of hydrogen-bond acceptors (Lipinski definition) is 3. The van der Waals surface area contributed by atoms with Gasteiger partial charge in [-0.1, -0.05) is 59.1 Å². The number of benzene rings is 2. The molecule has 0 bridgehead atoms. The van der Waals surface area contributed by atoms with E-state index >= 15 is 0 Å². The molecule has 28 heavy (non-hydrogen) atoms. The van der Waals surface area contributed by atoms with Crippen LogP contribution in [0.1, 0.15) is 23.6 Å². The first-order valence-electron chi connectivity index (χ1n) is 8.90. The molecule has 0 heterocycles. The van der Waals surface area contributed by atoms with E-state index < -0.39 is 6.04 Å². The zero-order chi connectivity index (χ0) is 20.7. The molecular weight excluding hydrogens is 415 g/mol. The molecule has 4 nitrogen and oxygen atoms in total. The Kier molecular flexibility index (Phi) is 8.67. The largest absolute Gasteiger partial charge is 0.357 e. The van der Waals surface area contributed by atoms with Crippen LogP contribution < -0.4 is 5.32 Å². The summed E-state index contributed by atoms with van der Waals surface area (Å²) in [5.41, 5.74) is 2.99. The molecule has 0 aliphatic carbocycles. The maximum atomic E-state index is 12.9. The van der Waals surface area contributed by atoms with Crippen molar-refractivity contribution in [1.29, 1.82) is 0 Å². The van der Waals surface area contributed by atoms with Gasteiger partial charge in [0.1, 0.15) is 6.04 Å². The summed E-state index contributed by atoms with van der Waals surface area (Å²) < 4.78 is 0. The van der Waals surface area contributed by atoms with Crippen LogP contribution in [-0.4, -0.2) is 35.6 Å². The number of thioether (sulfide) groups is 1. The molecule has 7 heteroatoms. The minimum atomic E-state index is -0.634. The zero-order valence-corrected chi connectivity index (χ0v) is 18.5. The lowest BCUT2D eigenvalue weighted by Gasteiger charge is -2.29. The summed E-state index contributed by atoms with van der Waals surface area (Å²) >= 11 is 14.0. The average molecular weight is 439 g/mol. The van der Waals surface area contributed by atoms with Crippen LogP contribution in [-0.2, 0) is 21.9 Å². The standard InChI is InChI=1S/C21H24Cl2N2O2S/c1-14-7-9-16(10-8-14)12-28-13-20(26)25(15(2)21(27)24-3)11-17-18(22)5-4-6-19(17)23/h4-10,15H,11-13H2,1-3H3,(H,24,27)/t15-/m0/s1. The van der Waals surface area contributed by atoms with Gasteiger partial charge in [-0.3, -0.25) is 9.59 Å². The maximum Gasteiger partial charge on any atom is 0.242 e. The highest BCUT2D eigenvalue weighted by atomic mass is 35.5. The highest BCUT2D eigenvalue weighted by Gasteiger charge is 2.26. The van der Waals surface area contributed by atoms with Crippen molar-refractivity contribution in [3.05, 3.63) is 69.2 Å². The van der Waals surface area contributed by atoms with Crippen molar-refractivity contribution < 1.29 is 9.59 Å². The van der Waals surface area contributed by atoms with Gasteiger partial charge >= 0.3 is 0 Å². The Morgan fingerprint density at radius 3 is 2.29 bits per heavy atom. The third-order valence-electron chi connectivity index (χ3n) is 4.42. The van der Waals surface area contributed by atoms with Gasteiger partial charge < -0.3 is 10.2 Å². The van der Waals surface area contributed by atoms with Crippen molar-refractivity contribution in [3.63, 3.8) is 0 Å². The van der Waals surface area contributed by atoms with Crippen molar-refractivity contribution >= 4 is 46.8 Å². The lowest BCUT2D eigenvalue weighted by atomic mass is 10.1. The lowest BCUT2D eigenvalue weighted by molar-refractivity contribution is -0.138. The van der Waals surface area contributed by atoms with Crippen LogP contribution in [0, 0.1) is 6.92 Å². The fourth-order valence-electron chi connectivity index (χ4n) is 2.67. The minimum absolute atomic E-state index is 0.135. The van der Waals surface area contributed by atoms with Gasteiger partial charge in [0.05, 0.1) is 5.75 Å². The third kappa shape index (κ3) is 6.16. The van der Waals surface area contributed by atoms with Gasteiger partial charge in [0.15, 0.2) is 0 Å². The first-order chi connectivity index (χ1) is 13.3. The Morgan fingerprint density at radius 2 is 1.71 bits per heavy atom. The van der Waals surface area contributed by atoms with Crippen molar-refractivity contribution in [1.82, 2.24) is 10.2 Å². The number of halogens is 2. The Hall–Kier alpha value is -1.69. The van der Waals surface area contributed by atoms with Gasteiger partial charge in [-0.05, 0) is 31.5 Å². The molecule has 0 aliphatic heterocycles. The third-order valence-corrected chi connectivity index (χ3v) is 6.12. The quantitative estimate of drug-likeness (QED) is 0.649. The molecule has 2 aromatic rings. The lowest BCUT2D eigenvalue weighted by Crippen LogP contribution is -2.47. The van der Waals surface area contributed by atoms with Crippen LogP contribution in [0.3, 0.4) is 0 Å². The topological polar surface area (TPSA) is 49.4 Å². The van der Waals surface area contributed by atoms with Crippen LogP contribution in [0.5, 0.6) is 0 Å². The number of nitrogens with one attached hydrogen (secondary N) is 1. The number of carbonyl (C=O) groups excluding carboxylic acids is 2.